The fourth-order valence-corrected chi connectivity index (χ4v) is 5.37. The van der Waals surface area contributed by atoms with E-state index < -0.39 is 0 Å². The minimum Gasteiger partial charge on any atom is -0.383 e. The molecule has 1 aromatic carbocycles. The Bertz CT molecular complexity index is 1390. The van der Waals surface area contributed by atoms with Crippen LogP contribution in [0.3, 0.4) is 0 Å². The summed E-state index contributed by atoms with van der Waals surface area (Å²) in [6.45, 7) is 13.3. The van der Waals surface area contributed by atoms with E-state index in [1.165, 1.54) is 5.57 Å². The van der Waals surface area contributed by atoms with Crippen LogP contribution >= 0.6 is 11.6 Å². The first-order valence-electron chi connectivity index (χ1n) is 10.9. The summed E-state index contributed by atoms with van der Waals surface area (Å²) in [5.74, 6) is 0.144. The molecule has 0 radical (unpaired) electrons. The highest BCUT2D eigenvalue weighted by Crippen LogP contribution is 2.46. The lowest BCUT2D eigenvalue weighted by Crippen LogP contribution is -2.44. The molecule has 2 N–H and O–H groups in total. The van der Waals surface area contributed by atoms with Gasteiger partial charge in [-0.25, -0.2) is 4.98 Å². The van der Waals surface area contributed by atoms with Gasteiger partial charge >= 0.3 is 0 Å². The van der Waals surface area contributed by atoms with Crippen molar-refractivity contribution in [1.29, 1.82) is 10.5 Å². The maximum atomic E-state index is 9.81. The van der Waals surface area contributed by atoms with Crippen LogP contribution in [0.15, 0.2) is 23.8 Å². The zero-order valence-corrected chi connectivity index (χ0v) is 20.5. The van der Waals surface area contributed by atoms with Gasteiger partial charge in [-0.05, 0) is 87.6 Å². The van der Waals surface area contributed by atoms with Crippen molar-refractivity contribution in [3.8, 4) is 12.1 Å². The number of likely N-dealkylation sites (N-methyl/N-ethyl adjacent to an activating group) is 1. The van der Waals surface area contributed by atoms with Crippen molar-refractivity contribution in [2.24, 2.45) is 0 Å². The molecule has 0 fully saturated rings. The maximum Gasteiger partial charge on any atom is 0.142 e. The number of rotatable bonds is 2. The summed E-state index contributed by atoms with van der Waals surface area (Å²) in [4.78, 5) is 6.75. The van der Waals surface area contributed by atoms with E-state index in [9.17, 15) is 10.5 Å². The number of aromatic nitrogens is 1. The van der Waals surface area contributed by atoms with Crippen LogP contribution in [0, 0.1) is 29.6 Å². The summed E-state index contributed by atoms with van der Waals surface area (Å²) in [5.41, 5.74) is 14.7. The molecule has 2 aromatic rings. The van der Waals surface area contributed by atoms with Crippen molar-refractivity contribution in [2.75, 3.05) is 17.2 Å². The van der Waals surface area contributed by atoms with Crippen molar-refractivity contribution in [2.45, 2.75) is 47.1 Å². The van der Waals surface area contributed by atoms with Gasteiger partial charge in [0.1, 0.15) is 18.0 Å². The van der Waals surface area contributed by atoms with Gasteiger partial charge < -0.3 is 10.6 Å². The number of nitrogens with zero attached hydrogens (tertiary/aromatic N) is 4. The van der Waals surface area contributed by atoms with E-state index in [-0.39, 0.29) is 11.4 Å². The number of nitriles is 2. The number of halogens is 1. The molecule has 33 heavy (non-hydrogen) atoms. The van der Waals surface area contributed by atoms with Crippen LogP contribution in [0.5, 0.6) is 0 Å². The summed E-state index contributed by atoms with van der Waals surface area (Å²) in [6.07, 6.45) is 4.28. The average molecular weight is 456 g/mol. The monoisotopic (exact) mass is 455 g/mol. The van der Waals surface area contributed by atoms with E-state index in [1.807, 2.05) is 26.0 Å². The molecule has 0 saturated heterocycles. The second kappa shape index (κ2) is 7.80. The molecule has 0 spiro atoms. The highest BCUT2D eigenvalue weighted by Gasteiger charge is 2.32. The van der Waals surface area contributed by atoms with Gasteiger partial charge in [0.15, 0.2) is 0 Å². The highest BCUT2D eigenvalue weighted by molar-refractivity contribution is 6.33. The van der Waals surface area contributed by atoms with E-state index in [0.717, 1.165) is 45.6 Å². The Morgan fingerprint density at radius 2 is 1.88 bits per heavy atom. The minimum atomic E-state index is -0.100. The van der Waals surface area contributed by atoms with Crippen LogP contribution in [-0.4, -0.2) is 17.1 Å². The van der Waals surface area contributed by atoms with Gasteiger partial charge in [-0.3, -0.25) is 0 Å². The predicted octanol–water partition coefficient (Wildman–Crippen LogP) is 6.37. The number of allylic oxidation sites excluding steroid dienone is 4. The molecule has 1 aromatic heterocycles. The first-order valence-corrected chi connectivity index (χ1v) is 11.3. The molecule has 5 nitrogen and oxygen atoms in total. The first-order chi connectivity index (χ1) is 15.5. The van der Waals surface area contributed by atoms with Crippen LogP contribution in [-0.2, 0) is 0 Å². The molecular weight excluding hydrogens is 430 g/mol. The van der Waals surface area contributed by atoms with Crippen LogP contribution in [0.25, 0.3) is 22.8 Å². The topological polar surface area (TPSA) is 89.7 Å². The SMILES string of the molecule is CCN1c2cc(Cl)c(/C=C3\C(C)=C(C#N)c4nc(N)c(C#N)c(C)c43)cc2C(C)=CC1(C)C. The van der Waals surface area contributed by atoms with Gasteiger partial charge in [-0.2, -0.15) is 10.5 Å². The number of anilines is 2. The molecule has 6 heteroatoms. The van der Waals surface area contributed by atoms with Gasteiger partial charge in [0, 0.05) is 28.4 Å². The largest absolute Gasteiger partial charge is 0.383 e. The van der Waals surface area contributed by atoms with E-state index in [2.05, 4.69) is 61.9 Å². The number of fused-ring (bicyclic) bond motifs is 2. The lowest BCUT2D eigenvalue weighted by Gasteiger charge is -2.43. The number of nitrogen functional groups attached to an aromatic ring is 1. The lowest BCUT2D eigenvalue weighted by molar-refractivity contribution is 0.566. The van der Waals surface area contributed by atoms with Crippen LogP contribution in [0.2, 0.25) is 5.02 Å². The van der Waals surface area contributed by atoms with Gasteiger partial charge in [0.25, 0.3) is 0 Å². The Kier molecular flexibility index (Phi) is 5.35. The summed E-state index contributed by atoms with van der Waals surface area (Å²) >= 11 is 6.81. The van der Waals surface area contributed by atoms with Gasteiger partial charge in [-0.1, -0.05) is 17.7 Å². The molecule has 1 aliphatic carbocycles. The molecular formula is C27H26ClN5. The second-order valence-electron chi connectivity index (χ2n) is 9.12. The molecule has 4 rings (SSSR count). The molecule has 0 amide bonds. The number of pyridine rings is 1. The van der Waals surface area contributed by atoms with E-state index in [1.54, 1.807) is 0 Å². The quantitative estimate of drug-likeness (QED) is 0.568. The average Bonchev–Trinajstić information content (AvgIpc) is 2.99. The molecule has 0 atom stereocenters. The standard InChI is InChI=1S/C27H26ClN5/c1-7-33-23-10-22(28)17(8-18(23)14(2)11-27(33,5)6)9-19-15(3)20(12-29)25-24(19)16(4)21(13-30)26(31)32-25/h8-11H,7H2,1-6H3,(H2,31,32)/b19-9+. The molecule has 0 unspecified atom stereocenters. The third-order valence-electron chi connectivity index (χ3n) is 6.70. The van der Waals surface area contributed by atoms with E-state index >= 15 is 0 Å². The van der Waals surface area contributed by atoms with Crippen LogP contribution < -0.4 is 10.6 Å². The van der Waals surface area contributed by atoms with Gasteiger partial charge in [0.2, 0.25) is 0 Å². The number of nitrogens with two attached hydrogens (primary N) is 1. The van der Waals surface area contributed by atoms with Crippen molar-refractivity contribution in [1.82, 2.24) is 4.98 Å². The van der Waals surface area contributed by atoms with Gasteiger partial charge in [0.05, 0.1) is 22.4 Å². The van der Waals surface area contributed by atoms with Crippen molar-refractivity contribution in [3.63, 3.8) is 0 Å². The maximum absolute atomic E-state index is 9.81. The number of hydrogen-bond acceptors (Lipinski definition) is 5. The number of hydrogen-bond donors (Lipinski definition) is 1. The Labute approximate surface area is 200 Å². The molecule has 0 saturated carbocycles. The lowest BCUT2D eigenvalue weighted by atomic mass is 9.87. The smallest absolute Gasteiger partial charge is 0.142 e. The van der Waals surface area contributed by atoms with E-state index in [4.69, 9.17) is 17.3 Å². The molecule has 2 aliphatic rings. The Hall–Kier alpha value is -3.54. The zero-order chi connectivity index (χ0) is 24.2. The molecule has 2 heterocycles. The third kappa shape index (κ3) is 3.32. The van der Waals surface area contributed by atoms with Crippen LogP contribution in [0.4, 0.5) is 11.5 Å². The molecule has 0 bridgehead atoms. The third-order valence-corrected chi connectivity index (χ3v) is 7.02. The predicted molar refractivity (Wildman–Crippen MR) is 136 cm³/mol. The summed E-state index contributed by atoms with van der Waals surface area (Å²) < 4.78 is 0. The highest BCUT2D eigenvalue weighted by atomic mass is 35.5. The van der Waals surface area contributed by atoms with E-state index in [0.29, 0.717) is 21.9 Å². The normalized spacial score (nSPS) is 17.4. The second-order valence-corrected chi connectivity index (χ2v) is 9.53. The molecule has 1 aliphatic heterocycles. The first kappa shape index (κ1) is 22.6. The summed E-state index contributed by atoms with van der Waals surface area (Å²) in [6, 6.07) is 8.54. The van der Waals surface area contributed by atoms with Crippen molar-refractivity contribution >= 4 is 45.9 Å². The minimum absolute atomic E-state index is 0.100. The Balaban J connectivity index is 1.98. The van der Waals surface area contributed by atoms with Crippen LogP contribution in [0.1, 0.15) is 68.1 Å². The summed E-state index contributed by atoms with van der Waals surface area (Å²) in [5, 5.41) is 20.0. The summed E-state index contributed by atoms with van der Waals surface area (Å²) in [7, 11) is 0. The molecule has 166 valence electrons. The fraction of sp³-hybridized carbons (Fsp3) is 0.296. The fourth-order valence-electron chi connectivity index (χ4n) is 5.15. The van der Waals surface area contributed by atoms with Crippen molar-refractivity contribution in [3.05, 3.63) is 62.3 Å². The zero-order valence-electron chi connectivity index (χ0n) is 19.8. The Morgan fingerprint density at radius 3 is 2.48 bits per heavy atom. The van der Waals surface area contributed by atoms with Gasteiger partial charge in [-0.15, -0.1) is 0 Å². The number of benzene rings is 1. The van der Waals surface area contributed by atoms with Crippen molar-refractivity contribution < 1.29 is 0 Å². The Morgan fingerprint density at radius 1 is 1.18 bits per heavy atom.